The number of ketones is 2. The van der Waals surface area contributed by atoms with E-state index in [9.17, 15) is 24.9 Å². The number of aliphatic hydroxyl groups excluding tert-OH is 1. The maximum atomic E-state index is 13.8. The van der Waals surface area contributed by atoms with Crippen molar-refractivity contribution in [3.05, 3.63) is 160 Å². The fourth-order valence-electron chi connectivity index (χ4n) is 9.01. The molecule has 0 aliphatic heterocycles. The molecule has 1 heterocycles. The lowest BCUT2D eigenvalue weighted by molar-refractivity contribution is -0.114. The summed E-state index contributed by atoms with van der Waals surface area (Å²) in [5.41, 5.74) is 19.1. The highest BCUT2D eigenvalue weighted by atomic mass is 16.5. The molecule has 0 spiro atoms. The number of allylic oxidation sites excluding steroid dienone is 2. The van der Waals surface area contributed by atoms with Crippen LogP contribution in [-0.2, 0) is 30.5 Å². The largest absolute Gasteiger partial charge is 0.508 e. The number of rotatable bonds is 17. The van der Waals surface area contributed by atoms with Gasteiger partial charge in [-0.1, -0.05) is 85.5 Å². The first-order valence-corrected chi connectivity index (χ1v) is 22.0. The smallest absolute Gasteiger partial charge is 0.165 e. The van der Waals surface area contributed by atoms with Gasteiger partial charge < -0.3 is 36.5 Å². The quantitative estimate of drug-likeness (QED) is 0.0306. The lowest BCUT2D eigenvalue weighted by Crippen LogP contribution is -2.20. The van der Waals surface area contributed by atoms with Crippen molar-refractivity contribution in [2.24, 2.45) is 22.8 Å². The zero-order valence-corrected chi connectivity index (χ0v) is 35.6. The number of Topliss-reactive ketones (excluding diaryl/α,β-unsaturated/α-hetero) is 1. The minimum absolute atomic E-state index is 0.00419. The Balaban J connectivity index is 0.974. The summed E-state index contributed by atoms with van der Waals surface area (Å²) in [5.74, 6) is 6.87. The van der Waals surface area contributed by atoms with E-state index < -0.39 is 12.1 Å². The SMILES string of the molecule is C[C@H](CCc1ccccc1)CC[C@]1(/C=C/C(=O)CCc2ccc(O)c(OCCc3ccc(O)c([C@H]4CC(=O)c5cc[nH]c5CC#Cc5cc(C(N)N)ccc54)c3)c2)CC[C@H](O)C1. The van der Waals surface area contributed by atoms with E-state index in [0.717, 1.165) is 60.9 Å². The van der Waals surface area contributed by atoms with Crippen LogP contribution in [0, 0.1) is 23.2 Å². The molecule has 9 nitrogen and oxygen atoms in total. The number of fused-ring (bicyclic) bond motifs is 2. The molecule has 0 amide bonds. The Bertz CT molecular complexity index is 2440. The number of hydrogen-bond donors (Lipinski definition) is 6. The van der Waals surface area contributed by atoms with Gasteiger partial charge in [0.05, 0.1) is 25.3 Å². The summed E-state index contributed by atoms with van der Waals surface area (Å²) in [6.07, 6.45) is 12.8. The van der Waals surface area contributed by atoms with Gasteiger partial charge in [-0.3, -0.25) is 9.59 Å². The Morgan fingerprint density at radius 2 is 1.71 bits per heavy atom. The third-order valence-corrected chi connectivity index (χ3v) is 12.8. The molecular weight excluding hydrogens is 775 g/mol. The van der Waals surface area contributed by atoms with E-state index in [1.54, 1.807) is 42.6 Å². The summed E-state index contributed by atoms with van der Waals surface area (Å²) < 4.78 is 6.10. The van der Waals surface area contributed by atoms with Crippen LogP contribution in [0.1, 0.15) is 125 Å². The number of carbonyl (C=O) groups excluding carboxylic acids is 2. The Kier molecular flexibility index (Phi) is 14.5. The number of nitrogens with two attached hydrogens (primary N) is 2. The fourth-order valence-corrected chi connectivity index (χ4v) is 9.01. The number of benzene rings is 4. The van der Waals surface area contributed by atoms with Gasteiger partial charge in [0.1, 0.15) is 5.75 Å². The number of H-pyrrole nitrogens is 1. The number of nitrogens with one attached hydrogen (secondary N) is 1. The van der Waals surface area contributed by atoms with Crippen LogP contribution in [0.25, 0.3) is 0 Å². The molecule has 7 rings (SSSR count). The van der Waals surface area contributed by atoms with Crippen molar-refractivity contribution in [3.63, 3.8) is 0 Å². The lowest BCUT2D eigenvalue weighted by Gasteiger charge is -2.27. The molecule has 8 N–H and O–H groups in total. The van der Waals surface area contributed by atoms with E-state index in [4.69, 9.17) is 16.2 Å². The molecule has 0 bridgehead atoms. The third-order valence-electron chi connectivity index (χ3n) is 12.8. The highest BCUT2D eigenvalue weighted by Gasteiger charge is 2.36. The number of aromatic hydroxyl groups is 2. The van der Waals surface area contributed by atoms with Crippen molar-refractivity contribution in [1.82, 2.24) is 4.98 Å². The van der Waals surface area contributed by atoms with E-state index in [1.807, 2.05) is 36.4 Å². The number of ether oxygens (including phenoxy) is 1. The van der Waals surface area contributed by atoms with E-state index in [0.29, 0.717) is 66.0 Å². The highest BCUT2D eigenvalue weighted by Crippen LogP contribution is 2.45. The van der Waals surface area contributed by atoms with Crippen LogP contribution in [-0.4, -0.2) is 44.6 Å². The second-order valence-electron chi connectivity index (χ2n) is 17.4. The Morgan fingerprint density at radius 1 is 0.919 bits per heavy atom. The number of phenols is 2. The fraction of sp³-hybridized carbons (Fsp3) is 0.358. The molecule has 2 aliphatic carbocycles. The van der Waals surface area contributed by atoms with Crippen LogP contribution in [0.15, 0.2) is 109 Å². The zero-order chi connectivity index (χ0) is 43.6. The second kappa shape index (κ2) is 20.3. The van der Waals surface area contributed by atoms with Gasteiger partial charge in [-0.2, -0.15) is 0 Å². The minimum Gasteiger partial charge on any atom is -0.508 e. The van der Waals surface area contributed by atoms with Crippen LogP contribution in [0.2, 0.25) is 0 Å². The topological polar surface area (TPSA) is 172 Å². The molecule has 1 aromatic heterocycles. The van der Waals surface area contributed by atoms with Gasteiger partial charge in [-0.15, -0.1) is 0 Å². The molecule has 322 valence electrons. The molecule has 4 aromatic carbocycles. The summed E-state index contributed by atoms with van der Waals surface area (Å²) in [4.78, 5) is 30.1. The summed E-state index contributed by atoms with van der Waals surface area (Å²) in [5, 5.41) is 32.4. The standard InChI is InChI=1S/C53H59N3O6/c1-35(10-11-36-6-3-2-4-7-36)20-25-53(27-22-42(58)34-53)26-21-41(57)16-12-37-14-19-49(60)51(31-37)62-29-24-38-13-18-48(59)46(30-38)45-33-50(61)44-23-28-56-47(44)9-5-8-39-32-40(52(54)55)15-17-43(39)45/h2-4,6-7,13-15,17-19,21,23,26,28,30-32,35,42,45,52,56,58-60H,9-12,16,20,22,24-25,27,29,33-34,54-55H2,1H3/b26-21+/t35-,42+,45+,53+/m1/s1. The van der Waals surface area contributed by atoms with Crippen LogP contribution in [0.4, 0.5) is 0 Å². The van der Waals surface area contributed by atoms with Gasteiger partial charge in [0.15, 0.2) is 23.1 Å². The number of hydrogen-bond acceptors (Lipinski definition) is 8. The van der Waals surface area contributed by atoms with Crippen molar-refractivity contribution >= 4 is 11.6 Å². The predicted octanol–water partition coefficient (Wildman–Crippen LogP) is 8.91. The first kappa shape index (κ1) is 44.1. The average Bonchev–Trinajstić information content (AvgIpc) is 3.91. The highest BCUT2D eigenvalue weighted by molar-refractivity contribution is 5.98. The van der Waals surface area contributed by atoms with Gasteiger partial charge in [0.25, 0.3) is 0 Å². The van der Waals surface area contributed by atoms with Crippen molar-refractivity contribution in [2.45, 2.75) is 102 Å². The molecule has 1 saturated carbocycles. The monoisotopic (exact) mass is 833 g/mol. The maximum Gasteiger partial charge on any atom is 0.165 e. The molecular formula is C53H59N3O6. The van der Waals surface area contributed by atoms with E-state index in [2.05, 4.69) is 54.1 Å². The van der Waals surface area contributed by atoms with Crippen molar-refractivity contribution < 1.29 is 29.6 Å². The molecule has 4 atom stereocenters. The second-order valence-corrected chi connectivity index (χ2v) is 17.4. The summed E-state index contributed by atoms with van der Waals surface area (Å²) in [7, 11) is 0. The van der Waals surface area contributed by atoms with Gasteiger partial charge in [-0.05, 0) is 127 Å². The number of aromatic nitrogens is 1. The van der Waals surface area contributed by atoms with Crippen LogP contribution in [0.3, 0.4) is 0 Å². The Labute approximate surface area is 365 Å². The van der Waals surface area contributed by atoms with Gasteiger partial charge in [-0.25, -0.2) is 0 Å². The van der Waals surface area contributed by atoms with Crippen LogP contribution < -0.4 is 16.2 Å². The van der Waals surface area contributed by atoms with Gasteiger partial charge in [0.2, 0.25) is 0 Å². The van der Waals surface area contributed by atoms with E-state index in [-0.39, 0.29) is 47.6 Å². The number of carbonyl (C=O) groups is 2. The molecule has 1 fully saturated rings. The molecule has 0 radical (unpaired) electrons. The van der Waals surface area contributed by atoms with Crippen molar-refractivity contribution in [3.8, 4) is 29.1 Å². The number of aryl methyl sites for hydroxylation is 2. The molecule has 5 aromatic rings. The maximum absolute atomic E-state index is 13.8. The summed E-state index contributed by atoms with van der Waals surface area (Å²) in [6, 6.07) is 28.5. The Morgan fingerprint density at radius 3 is 2.48 bits per heavy atom. The molecule has 0 saturated heterocycles. The summed E-state index contributed by atoms with van der Waals surface area (Å²) in [6.45, 7) is 2.53. The third kappa shape index (κ3) is 11.3. The average molecular weight is 834 g/mol. The van der Waals surface area contributed by atoms with Crippen LogP contribution >= 0.6 is 0 Å². The number of phenolic OH excluding ortho intramolecular Hbond substituents is 2. The number of aromatic amines is 1. The molecule has 2 aliphatic rings. The van der Waals surface area contributed by atoms with Crippen molar-refractivity contribution in [2.75, 3.05) is 6.61 Å². The zero-order valence-electron chi connectivity index (χ0n) is 35.6. The van der Waals surface area contributed by atoms with Crippen molar-refractivity contribution in [1.29, 1.82) is 0 Å². The predicted molar refractivity (Wildman–Crippen MR) is 243 cm³/mol. The van der Waals surface area contributed by atoms with Gasteiger partial charge >= 0.3 is 0 Å². The molecule has 62 heavy (non-hydrogen) atoms. The first-order chi connectivity index (χ1) is 29.9. The van der Waals surface area contributed by atoms with E-state index in [1.165, 1.54) is 5.56 Å². The van der Waals surface area contributed by atoms with E-state index >= 15 is 0 Å². The first-order valence-electron chi connectivity index (χ1n) is 22.0. The minimum atomic E-state index is -0.695. The van der Waals surface area contributed by atoms with Crippen LogP contribution in [0.5, 0.6) is 17.2 Å². The normalized spacial score (nSPS) is 19.1. The molecule has 0 unspecified atom stereocenters. The Hall–Kier alpha value is -5.92. The summed E-state index contributed by atoms with van der Waals surface area (Å²) >= 11 is 0. The number of aliphatic hydroxyl groups is 1. The molecule has 9 heteroatoms. The lowest BCUT2D eigenvalue weighted by atomic mass is 9.78. The van der Waals surface area contributed by atoms with Gasteiger partial charge in [0, 0.05) is 53.8 Å².